The second-order valence-electron chi connectivity index (χ2n) is 11.6. The molecule has 0 radical (unpaired) electrons. The lowest BCUT2D eigenvalue weighted by atomic mass is 9.41. The fourth-order valence-electron chi connectivity index (χ4n) is 6.67. The highest BCUT2D eigenvalue weighted by Crippen LogP contribution is 2.70. The minimum absolute atomic E-state index is 0.00324. The zero-order chi connectivity index (χ0) is 24.8. The molecule has 182 valence electrons. The number of halogens is 1. The molecule has 0 aromatic carbocycles. The Bertz CT molecular complexity index is 1250. The largest absolute Gasteiger partial charge is 0.350 e. The second kappa shape index (κ2) is 7.12. The Morgan fingerprint density at radius 3 is 2.51 bits per heavy atom. The van der Waals surface area contributed by atoms with E-state index in [-0.39, 0.29) is 23.4 Å². The molecule has 1 saturated heterocycles. The molecule has 1 amide bonds. The lowest BCUT2D eigenvalue weighted by Crippen LogP contribution is -2.72. The highest BCUT2D eigenvalue weighted by Gasteiger charge is 2.73. The van der Waals surface area contributed by atoms with Gasteiger partial charge in [-0.3, -0.25) is 4.79 Å². The number of hydrogen-bond acceptors (Lipinski definition) is 7. The predicted molar refractivity (Wildman–Crippen MR) is 129 cm³/mol. The predicted octanol–water partition coefficient (Wildman–Crippen LogP) is 3.49. The number of nitrogens with zero attached hydrogens (tertiary/aromatic N) is 7. The van der Waals surface area contributed by atoms with Crippen LogP contribution in [0, 0.1) is 16.7 Å². The van der Waals surface area contributed by atoms with Crippen molar-refractivity contribution in [2.45, 2.75) is 70.1 Å². The number of rotatable bonds is 3. The van der Waals surface area contributed by atoms with E-state index in [1.807, 2.05) is 4.90 Å². The van der Waals surface area contributed by atoms with Crippen molar-refractivity contribution in [2.24, 2.45) is 5.41 Å². The van der Waals surface area contributed by atoms with Crippen molar-refractivity contribution in [3.05, 3.63) is 35.8 Å². The van der Waals surface area contributed by atoms with Crippen molar-refractivity contribution in [1.82, 2.24) is 19.9 Å². The van der Waals surface area contributed by atoms with Gasteiger partial charge in [0.2, 0.25) is 5.91 Å². The average molecular weight is 476 g/mol. The van der Waals surface area contributed by atoms with Gasteiger partial charge in [-0.1, -0.05) is 13.8 Å². The van der Waals surface area contributed by atoms with Gasteiger partial charge in [0.25, 0.3) is 0 Å². The Morgan fingerprint density at radius 2 is 1.83 bits per heavy atom. The van der Waals surface area contributed by atoms with Crippen molar-refractivity contribution in [3.8, 4) is 6.07 Å². The van der Waals surface area contributed by atoms with Crippen molar-refractivity contribution in [1.29, 1.82) is 5.26 Å². The Morgan fingerprint density at radius 1 is 1.11 bits per heavy atom. The summed E-state index contributed by atoms with van der Waals surface area (Å²) in [6.07, 6.45) is 4.42. The van der Waals surface area contributed by atoms with Crippen LogP contribution in [0.2, 0.25) is 0 Å². The molecular weight excluding hydrogens is 445 g/mol. The van der Waals surface area contributed by atoms with Crippen molar-refractivity contribution in [2.75, 3.05) is 29.4 Å². The van der Waals surface area contributed by atoms with Crippen LogP contribution in [0.5, 0.6) is 0 Å². The molecule has 2 aromatic rings. The van der Waals surface area contributed by atoms with Gasteiger partial charge >= 0.3 is 0 Å². The van der Waals surface area contributed by atoms with Crippen LogP contribution in [0.4, 0.5) is 21.8 Å². The first-order valence-corrected chi connectivity index (χ1v) is 12.3. The summed E-state index contributed by atoms with van der Waals surface area (Å²) in [5.41, 5.74) is -0.155. The third-order valence-electron chi connectivity index (χ3n) is 8.38. The Kier molecular flexibility index (Phi) is 4.52. The summed E-state index contributed by atoms with van der Waals surface area (Å²) >= 11 is 0. The number of carbonyl (C=O) groups excluding carboxylic acids is 1. The Labute approximate surface area is 204 Å². The molecule has 4 fully saturated rings. The van der Waals surface area contributed by atoms with Crippen LogP contribution >= 0.6 is 0 Å². The number of hydrogen-bond donors (Lipinski definition) is 0. The molecule has 9 heteroatoms. The number of amides is 1. The van der Waals surface area contributed by atoms with Crippen LogP contribution in [0.25, 0.3) is 0 Å². The number of nitriles is 1. The van der Waals surface area contributed by atoms with Crippen molar-refractivity contribution < 1.29 is 9.18 Å². The third-order valence-corrected chi connectivity index (χ3v) is 8.38. The number of anilines is 3. The van der Waals surface area contributed by atoms with Gasteiger partial charge in [0.1, 0.15) is 29.4 Å². The zero-order valence-electron chi connectivity index (χ0n) is 20.6. The van der Waals surface area contributed by atoms with E-state index < -0.39 is 11.1 Å². The molecule has 2 bridgehead atoms. The van der Waals surface area contributed by atoms with Gasteiger partial charge in [0.05, 0.1) is 17.0 Å². The smallest absolute Gasteiger partial charge is 0.229 e. The molecule has 3 saturated carbocycles. The van der Waals surface area contributed by atoms with E-state index >= 15 is 0 Å². The molecule has 5 aliphatic rings. The van der Waals surface area contributed by atoms with Gasteiger partial charge in [-0.2, -0.15) is 5.26 Å². The standard InChI is InChI=1S/C26H30FN7O/c1-16-10-33(23(35)25-11-26(27,12-25)13-25)17(2)9-32(16)21-20-22(31-15-30-21)34(14-24(20,3)4)19-7-18(8-28)5-6-29-19/h5-7,15-17H,9-14H2,1-4H3/t16-,17+,25?,26?/m0/s1. The summed E-state index contributed by atoms with van der Waals surface area (Å²) in [6, 6.07) is 5.73. The second-order valence-corrected chi connectivity index (χ2v) is 11.6. The van der Waals surface area contributed by atoms with Gasteiger partial charge in [0, 0.05) is 48.9 Å². The van der Waals surface area contributed by atoms with Crippen LogP contribution in [0.15, 0.2) is 24.7 Å². The van der Waals surface area contributed by atoms with Crippen LogP contribution in [-0.4, -0.2) is 63.1 Å². The molecular formula is C26H30FN7O. The highest BCUT2D eigenvalue weighted by molar-refractivity contribution is 5.87. The van der Waals surface area contributed by atoms with Gasteiger partial charge in [-0.25, -0.2) is 19.3 Å². The summed E-state index contributed by atoms with van der Waals surface area (Å²) in [5, 5.41) is 9.34. The number of fused-ring (bicyclic) bond motifs is 1. The van der Waals surface area contributed by atoms with E-state index in [1.54, 1.807) is 24.7 Å². The fraction of sp³-hybridized carbons (Fsp3) is 0.577. The van der Waals surface area contributed by atoms with Crippen LogP contribution in [0.3, 0.4) is 0 Å². The Hall–Kier alpha value is -3.28. The molecule has 2 aliphatic heterocycles. The normalized spacial score (nSPS) is 32.4. The van der Waals surface area contributed by atoms with Crippen molar-refractivity contribution >= 4 is 23.4 Å². The molecule has 4 heterocycles. The molecule has 35 heavy (non-hydrogen) atoms. The first-order chi connectivity index (χ1) is 16.6. The fourth-order valence-corrected chi connectivity index (χ4v) is 6.67. The average Bonchev–Trinajstić information content (AvgIpc) is 3.08. The lowest BCUT2D eigenvalue weighted by Gasteiger charge is -2.66. The maximum absolute atomic E-state index is 14.1. The van der Waals surface area contributed by atoms with E-state index in [0.717, 1.165) is 17.2 Å². The first kappa shape index (κ1) is 22.2. The molecule has 2 atom stereocenters. The Balaban J connectivity index is 1.30. The molecule has 0 N–H and O–H groups in total. The summed E-state index contributed by atoms with van der Waals surface area (Å²) in [4.78, 5) is 33.5. The molecule has 2 aromatic heterocycles. The van der Waals surface area contributed by atoms with E-state index in [1.165, 1.54) is 0 Å². The van der Waals surface area contributed by atoms with Crippen LogP contribution in [-0.2, 0) is 10.2 Å². The summed E-state index contributed by atoms with van der Waals surface area (Å²) in [6.45, 7) is 10.5. The SMILES string of the molecule is C[C@@H]1CN(c2ncnc3c2C(C)(C)CN3c2cc(C#N)ccn2)[C@@H](C)CN1C(=O)C12CC(F)(C1)C2. The van der Waals surface area contributed by atoms with Crippen LogP contribution in [0.1, 0.15) is 58.1 Å². The third kappa shape index (κ3) is 3.15. The maximum atomic E-state index is 14.1. The minimum atomic E-state index is -1.08. The first-order valence-electron chi connectivity index (χ1n) is 12.3. The topological polar surface area (TPSA) is 89.2 Å². The van der Waals surface area contributed by atoms with Gasteiger partial charge < -0.3 is 14.7 Å². The molecule has 7 rings (SSSR count). The number of carbonyl (C=O) groups is 1. The van der Waals surface area contributed by atoms with Crippen LogP contribution < -0.4 is 9.80 Å². The van der Waals surface area contributed by atoms with E-state index in [2.05, 4.69) is 53.5 Å². The van der Waals surface area contributed by atoms with E-state index in [0.29, 0.717) is 50.3 Å². The zero-order valence-corrected chi connectivity index (χ0v) is 20.6. The molecule has 3 aliphatic carbocycles. The van der Waals surface area contributed by atoms with E-state index in [4.69, 9.17) is 4.98 Å². The van der Waals surface area contributed by atoms with E-state index in [9.17, 15) is 14.4 Å². The number of piperazine rings is 1. The number of aromatic nitrogens is 3. The quantitative estimate of drug-likeness (QED) is 0.671. The molecule has 0 unspecified atom stereocenters. The van der Waals surface area contributed by atoms with Gasteiger partial charge in [-0.05, 0) is 45.2 Å². The minimum Gasteiger partial charge on any atom is -0.350 e. The molecule has 0 spiro atoms. The maximum Gasteiger partial charge on any atom is 0.229 e. The summed E-state index contributed by atoms with van der Waals surface area (Å²) in [5.74, 6) is 2.52. The van der Waals surface area contributed by atoms with Gasteiger partial charge in [0.15, 0.2) is 0 Å². The monoisotopic (exact) mass is 475 g/mol. The van der Waals surface area contributed by atoms with Crippen molar-refractivity contribution in [3.63, 3.8) is 0 Å². The number of pyridine rings is 1. The number of alkyl halides is 1. The molecule has 8 nitrogen and oxygen atoms in total. The van der Waals surface area contributed by atoms with Gasteiger partial charge in [-0.15, -0.1) is 0 Å². The lowest BCUT2D eigenvalue weighted by molar-refractivity contribution is -0.223. The summed E-state index contributed by atoms with van der Waals surface area (Å²) < 4.78 is 14.1. The summed E-state index contributed by atoms with van der Waals surface area (Å²) in [7, 11) is 0. The highest BCUT2D eigenvalue weighted by atomic mass is 19.1.